The van der Waals surface area contributed by atoms with Gasteiger partial charge in [-0.15, -0.1) is 0 Å². The lowest BCUT2D eigenvalue weighted by molar-refractivity contribution is 0.268. The Balaban J connectivity index is 1.84. The summed E-state index contributed by atoms with van der Waals surface area (Å²) in [6.07, 6.45) is 5.21. The summed E-state index contributed by atoms with van der Waals surface area (Å²) in [6, 6.07) is 0. The average Bonchev–Trinajstić information content (AvgIpc) is 2.38. The van der Waals surface area contributed by atoms with Gasteiger partial charge in [0.15, 0.2) is 0 Å². The Morgan fingerprint density at radius 1 is 1.25 bits per heavy atom. The minimum absolute atomic E-state index is 0.602. The molecule has 2 heterocycles. The maximum absolute atomic E-state index is 6.77. The topological polar surface area (TPSA) is 36.6 Å². The second-order valence-electron chi connectivity index (χ2n) is 3.77. The molecule has 1 saturated heterocycles. The van der Waals surface area contributed by atoms with Crippen molar-refractivity contribution >= 4 is 5.82 Å². The summed E-state index contributed by atoms with van der Waals surface area (Å²) >= 11 is 0. The van der Waals surface area contributed by atoms with Gasteiger partial charge >= 0.3 is 0 Å². The molecule has 1 aliphatic heterocycles. The second kappa shape index (κ2) is 5.42. The maximum atomic E-state index is 6.77. The summed E-state index contributed by atoms with van der Waals surface area (Å²) < 4.78 is 0. The number of rotatable bonds is 3. The number of anilines is 1. The minimum atomic E-state index is 0.602. The van der Waals surface area contributed by atoms with Gasteiger partial charge in [-0.1, -0.05) is 0 Å². The summed E-state index contributed by atoms with van der Waals surface area (Å²) in [5.74, 6) is 0.951. The van der Waals surface area contributed by atoms with E-state index in [1.165, 1.54) is 0 Å². The summed E-state index contributed by atoms with van der Waals surface area (Å²) in [5, 5.41) is 0. The third-order valence-electron chi connectivity index (χ3n) is 2.77. The van der Waals surface area contributed by atoms with Crippen molar-refractivity contribution in [2.75, 3.05) is 44.2 Å². The molecular weight excluding hydrogens is 202 g/mol. The van der Waals surface area contributed by atoms with Gasteiger partial charge in [0.05, 0.1) is 12.7 Å². The SMILES string of the molecule is [C-]#[N+]CCN1CCN(c2cnccn2)CC1. The quantitative estimate of drug-likeness (QED) is 0.692. The molecule has 2 rings (SSSR count). The molecule has 0 saturated carbocycles. The number of aromatic nitrogens is 2. The molecule has 1 aromatic rings. The van der Waals surface area contributed by atoms with Crippen LogP contribution in [0.3, 0.4) is 0 Å². The Bertz CT molecular complexity index is 350. The fourth-order valence-corrected chi connectivity index (χ4v) is 1.85. The van der Waals surface area contributed by atoms with E-state index in [4.69, 9.17) is 6.57 Å². The van der Waals surface area contributed by atoms with Crippen molar-refractivity contribution in [3.05, 3.63) is 30.0 Å². The molecule has 0 aliphatic carbocycles. The van der Waals surface area contributed by atoms with Gasteiger partial charge in [-0.3, -0.25) is 9.88 Å². The summed E-state index contributed by atoms with van der Waals surface area (Å²) in [4.78, 5) is 16.3. The molecule has 16 heavy (non-hydrogen) atoms. The zero-order valence-corrected chi connectivity index (χ0v) is 9.21. The number of hydrogen-bond donors (Lipinski definition) is 0. The van der Waals surface area contributed by atoms with E-state index in [1.807, 2.05) is 0 Å². The first-order valence-corrected chi connectivity index (χ1v) is 5.46. The molecule has 0 atom stereocenters. The maximum Gasteiger partial charge on any atom is 0.227 e. The molecule has 1 fully saturated rings. The zero-order chi connectivity index (χ0) is 11.2. The molecule has 0 radical (unpaired) electrons. The predicted molar refractivity (Wildman–Crippen MR) is 62.2 cm³/mol. The third kappa shape index (κ3) is 2.67. The van der Waals surface area contributed by atoms with Crippen LogP contribution in [0.15, 0.2) is 18.6 Å². The van der Waals surface area contributed by atoms with E-state index in [-0.39, 0.29) is 0 Å². The molecule has 0 unspecified atom stereocenters. The number of piperazine rings is 1. The van der Waals surface area contributed by atoms with E-state index in [1.54, 1.807) is 18.6 Å². The van der Waals surface area contributed by atoms with E-state index in [9.17, 15) is 0 Å². The molecule has 5 nitrogen and oxygen atoms in total. The van der Waals surface area contributed by atoms with Gasteiger partial charge in [0.1, 0.15) is 5.82 Å². The van der Waals surface area contributed by atoms with Gasteiger partial charge in [0.25, 0.3) is 0 Å². The Kier molecular flexibility index (Phi) is 3.67. The highest BCUT2D eigenvalue weighted by atomic mass is 15.3. The number of nitrogens with zero attached hydrogens (tertiary/aromatic N) is 5. The van der Waals surface area contributed by atoms with Crippen LogP contribution in [-0.4, -0.2) is 54.1 Å². The molecule has 1 aromatic heterocycles. The fourth-order valence-electron chi connectivity index (χ4n) is 1.85. The highest BCUT2D eigenvalue weighted by molar-refractivity contribution is 5.35. The standard InChI is InChI=1S/C11H15N5/c1-12-4-5-15-6-8-16(9-7-15)11-10-13-2-3-14-11/h2-3,10H,4-9H2. The van der Waals surface area contributed by atoms with Crippen molar-refractivity contribution < 1.29 is 0 Å². The molecular formula is C11H15N5. The minimum Gasteiger partial charge on any atom is -0.353 e. The normalized spacial score (nSPS) is 17.1. The van der Waals surface area contributed by atoms with Gasteiger partial charge in [-0.2, -0.15) is 0 Å². The van der Waals surface area contributed by atoms with Gasteiger partial charge in [-0.05, 0) is 0 Å². The molecule has 0 aromatic carbocycles. The van der Waals surface area contributed by atoms with E-state index in [0.717, 1.165) is 38.5 Å². The van der Waals surface area contributed by atoms with Crippen LogP contribution in [-0.2, 0) is 0 Å². The van der Waals surface area contributed by atoms with Crippen molar-refractivity contribution in [3.63, 3.8) is 0 Å². The van der Waals surface area contributed by atoms with Crippen LogP contribution >= 0.6 is 0 Å². The van der Waals surface area contributed by atoms with E-state index in [2.05, 4.69) is 24.6 Å². The van der Waals surface area contributed by atoms with Crippen LogP contribution in [0.2, 0.25) is 0 Å². The lowest BCUT2D eigenvalue weighted by Crippen LogP contribution is -2.47. The Morgan fingerprint density at radius 3 is 2.69 bits per heavy atom. The number of hydrogen-bond acceptors (Lipinski definition) is 4. The van der Waals surface area contributed by atoms with Crippen LogP contribution in [0, 0.1) is 6.57 Å². The van der Waals surface area contributed by atoms with Crippen molar-refractivity contribution in [3.8, 4) is 0 Å². The average molecular weight is 217 g/mol. The van der Waals surface area contributed by atoms with Gasteiger partial charge in [0.2, 0.25) is 6.54 Å². The highest BCUT2D eigenvalue weighted by Crippen LogP contribution is 2.10. The second-order valence-corrected chi connectivity index (χ2v) is 3.77. The molecule has 0 spiro atoms. The van der Waals surface area contributed by atoms with Crippen molar-refractivity contribution in [2.24, 2.45) is 0 Å². The molecule has 0 bridgehead atoms. The molecule has 0 amide bonds. The first-order valence-electron chi connectivity index (χ1n) is 5.46. The highest BCUT2D eigenvalue weighted by Gasteiger charge is 2.17. The summed E-state index contributed by atoms with van der Waals surface area (Å²) in [6.45, 7) is 12.2. The molecule has 0 N–H and O–H groups in total. The summed E-state index contributed by atoms with van der Waals surface area (Å²) in [7, 11) is 0. The van der Waals surface area contributed by atoms with E-state index >= 15 is 0 Å². The third-order valence-corrected chi connectivity index (χ3v) is 2.77. The van der Waals surface area contributed by atoms with Gasteiger partial charge in [0, 0.05) is 38.6 Å². The van der Waals surface area contributed by atoms with Crippen molar-refractivity contribution in [1.29, 1.82) is 0 Å². The van der Waals surface area contributed by atoms with Crippen LogP contribution < -0.4 is 4.90 Å². The summed E-state index contributed by atoms with van der Waals surface area (Å²) in [5.41, 5.74) is 0. The van der Waals surface area contributed by atoms with Gasteiger partial charge < -0.3 is 9.74 Å². The first-order chi connectivity index (χ1) is 7.90. The van der Waals surface area contributed by atoms with Crippen LogP contribution in [0.4, 0.5) is 5.82 Å². The Hall–Kier alpha value is -1.67. The monoisotopic (exact) mass is 217 g/mol. The largest absolute Gasteiger partial charge is 0.353 e. The van der Waals surface area contributed by atoms with Crippen LogP contribution in [0.25, 0.3) is 4.85 Å². The van der Waals surface area contributed by atoms with E-state index < -0.39 is 0 Å². The van der Waals surface area contributed by atoms with Crippen molar-refractivity contribution in [1.82, 2.24) is 14.9 Å². The molecule has 84 valence electrons. The zero-order valence-electron chi connectivity index (χ0n) is 9.21. The van der Waals surface area contributed by atoms with Crippen molar-refractivity contribution in [2.45, 2.75) is 0 Å². The molecule has 5 heteroatoms. The lowest BCUT2D eigenvalue weighted by Gasteiger charge is -2.34. The van der Waals surface area contributed by atoms with E-state index in [0.29, 0.717) is 6.54 Å². The smallest absolute Gasteiger partial charge is 0.227 e. The lowest BCUT2D eigenvalue weighted by atomic mass is 10.3. The van der Waals surface area contributed by atoms with Crippen LogP contribution in [0.1, 0.15) is 0 Å². The molecule has 1 aliphatic rings. The Labute approximate surface area is 95.5 Å². The first kappa shape index (κ1) is 10.8. The van der Waals surface area contributed by atoms with Gasteiger partial charge in [-0.25, -0.2) is 11.6 Å². The Morgan fingerprint density at radius 2 is 2.06 bits per heavy atom. The fraction of sp³-hybridized carbons (Fsp3) is 0.545. The predicted octanol–water partition coefficient (Wildman–Crippen LogP) is 0.518. The van der Waals surface area contributed by atoms with Crippen LogP contribution in [0.5, 0.6) is 0 Å².